The maximum absolute atomic E-state index is 11.5. The number of furan rings is 1. The Labute approximate surface area is 191 Å². The lowest BCUT2D eigenvalue weighted by atomic mass is 9.92. The zero-order valence-corrected chi connectivity index (χ0v) is 18.3. The number of nitro groups is 1. The minimum Gasteiger partial charge on any atom is -0.459 e. The van der Waals surface area contributed by atoms with Gasteiger partial charge in [0.25, 0.3) is 5.69 Å². The number of thiocarbonyl (C=S) groups is 1. The van der Waals surface area contributed by atoms with Gasteiger partial charge in [-0.15, -0.1) is 0 Å². The van der Waals surface area contributed by atoms with Crippen molar-refractivity contribution in [2.24, 2.45) is 0 Å². The normalized spacial score (nSPS) is 21.5. The first-order valence-corrected chi connectivity index (χ1v) is 11.4. The zero-order chi connectivity index (χ0) is 22.1. The van der Waals surface area contributed by atoms with Gasteiger partial charge in [0.1, 0.15) is 17.6 Å². The molecule has 5 rings (SSSR count). The molecule has 0 radical (unpaired) electrons. The van der Waals surface area contributed by atoms with E-state index in [1.807, 2.05) is 30.3 Å². The van der Waals surface area contributed by atoms with E-state index in [9.17, 15) is 10.1 Å². The van der Waals surface area contributed by atoms with Gasteiger partial charge in [0.05, 0.1) is 22.2 Å². The van der Waals surface area contributed by atoms with Crippen molar-refractivity contribution in [3.63, 3.8) is 0 Å². The lowest BCUT2D eigenvalue weighted by Gasteiger charge is -2.36. The molecule has 1 saturated heterocycles. The minimum absolute atomic E-state index is 0.0267. The molecule has 0 unspecified atom stereocenters. The minimum atomic E-state index is -0.380. The van der Waals surface area contributed by atoms with Gasteiger partial charge in [-0.1, -0.05) is 37.5 Å². The van der Waals surface area contributed by atoms with Crippen LogP contribution in [0.5, 0.6) is 0 Å². The molecule has 8 heteroatoms. The van der Waals surface area contributed by atoms with E-state index in [2.05, 4.69) is 15.2 Å². The van der Waals surface area contributed by atoms with Crippen molar-refractivity contribution in [3.8, 4) is 11.3 Å². The van der Waals surface area contributed by atoms with Gasteiger partial charge in [-0.2, -0.15) is 0 Å². The van der Waals surface area contributed by atoms with Gasteiger partial charge in [0.2, 0.25) is 0 Å². The number of aromatic nitrogens is 1. The van der Waals surface area contributed by atoms with Crippen LogP contribution in [0.1, 0.15) is 55.6 Å². The highest BCUT2D eigenvalue weighted by Crippen LogP contribution is 2.44. The topological polar surface area (TPSA) is 84.4 Å². The predicted molar refractivity (Wildman–Crippen MR) is 125 cm³/mol. The van der Waals surface area contributed by atoms with E-state index in [0.717, 1.165) is 24.3 Å². The first-order valence-electron chi connectivity index (χ1n) is 11.0. The quantitative estimate of drug-likeness (QED) is 0.311. The average Bonchev–Trinajstić information content (AvgIpc) is 3.44. The van der Waals surface area contributed by atoms with Crippen molar-refractivity contribution < 1.29 is 9.34 Å². The van der Waals surface area contributed by atoms with Crippen molar-refractivity contribution >= 4 is 23.0 Å². The van der Waals surface area contributed by atoms with Gasteiger partial charge in [0.15, 0.2) is 5.11 Å². The fraction of sp³-hybridized carbons (Fsp3) is 0.333. The average molecular weight is 449 g/mol. The maximum atomic E-state index is 11.5. The molecule has 1 aliphatic heterocycles. The summed E-state index contributed by atoms with van der Waals surface area (Å²) in [5.41, 5.74) is 1.39. The second-order valence-electron chi connectivity index (χ2n) is 8.30. The fourth-order valence-electron chi connectivity index (χ4n) is 4.92. The summed E-state index contributed by atoms with van der Waals surface area (Å²) in [6, 6.07) is 16.2. The van der Waals surface area contributed by atoms with Gasteiger partial charge < -0.3 is 14.6 Å². The Bertz CT molecular complexity index is 1130. The summed E-state index contributed by atoms with van der Waals surface area (Å²) in [4.78, 5) is 18.0. The van der Waals surface area contributed by atoms with Crippen LogP contribution in [0.15, 0.2) is 65.2 Å². The Morgan fingerprint density at radius 1 is 1.06 bits per heavy atom. The summed E-state index contributed by atoms with van der Waals surface area (Å²) < 4.78 is 6.29. The largest absolute Gasteiger partial charge is 0.459 e. The van der Waals surface area contributed by atoms with Crippen LogP contribution in [-0.2, 0) is 0 Å². The van der Waals surface area contributed by atoms with E-state index < -0.39 is 0 Å². The number of rotatable bonds is 5. The van der Waals surface area contributed by atoms with Crippen LogP contribution < -0.4 is 5.32 Å². The highest BCUT2D eigenvalue weighted by Gasteiger charge is 2.44. The standard InChI is InChI=1S/C24H24N4O3S/c29-28(30)19-12-5-4-10-17(19)20-13-14-21(31-20)23-22(18-11-6-7-15-25-18)26-24(32)27(23)16-8-2-1-3-9-16/h4-7,10-16,22-23H,1-3,8-9H2,(H,26,32)/t22-,23+/m1/s1. The molecular formula is C24H24N4O3S. The maximum Gasteiger partial charge on any atom is 0.280 e. The van der Waals surface area contributed by atoms with E-state index in [1.165, 1.54) is 25.3 Å². The SMILES string of the molecule is O=[N+]([O-])c1ccccc1-c1ccc([C@H]2[C@@H](c3ccccn3)NC(=S)N2C2CCCCC2)o1. The van der Waals surface area contributed by atoms with Gasteiger partial charge in [-0.05, 0) is 55.4 Å². The van der Waals surface area contributed by atoms with Crippen LogP contribution in [0.3, 0.4) is 0 Å². The summed E-state index contributed by atoms with van der Waals surface area (Å²) >= 11 is 5.79. The van der Waals surface area contributed by atoms with Crippen LogP contribution in [0.25, 0.3) is 11.3 Å². The molecule has 0 spiro atoms. The highest BCUT2D eigenvalue weighted by atomic mass is 32.1. The molecule has 2 atom stereocenters. The van der Waals surface area contributed by atoms with E-state index in [1.54, 1.807) is 24.4 Å². The van der Waals surface area contributed by atoms with Crippen LogP contribution in [-0.4, -0.2) is 26.0 Å². The lowest BCUT2D eigenvalue weighted by molar-refractivity contribution is -0.384. The summed E-state index contributed by atoms with van der Waals surface area (Å²) in [6.07, 6.45) is 7.58. The molecule has 3 heterocycles. The zero-order valence-electron chi connectivity index (χ0n) is 17.5. The van der Waals surface area contributed by atoms with Crippen molar-refractivity contribution in [1.29, 1.82) is 0 Å². The monoisotopic (exact) mass is 448 g/mol. The van der Waals surface area contributed by atoms with E-state index >= 15 is 0 Å². The number of benzene rings is 1. The molecule has 1 aliphatic carbocycles. The van der Waals surface area contributed by atoms with Gasteiger partial charge in [-0.3, -0.25) is 15.1 Å². The van der Waals surface area contributed by atoms with Gasteiger partial charge in [-0.25, -0.2) is 0 Å². The van der Waals surface area contributed by atoms with Crippen molar-refractivity contribution in [2.75, 3.05) is 0 Å². The third kappa shape index (κ3) is 3.75. The molecule has 0 bridgehead atoms. The Kier molecular flexibility index (Phi) is 5.61. The molecule has 1 N–H and O–H groups in total. The second-order valence-corrected chi connectivity index (χ2v) is 8.69. The Morgan fingerprint density at radius 3 is 2.59 bits per heavy atom. The molecule has 1 aromatic carbocycles. The second kappa shape index (κ2) is 8.70. The molecule has 1 saturated carbocycles. The fourth-order valence-corrected chi connectivity index (χ4v) is 5.31. The van der Waals surface area contributed by atoms with E-state index in [4.69, 9.17) is 16.6 Å². The smallest absolute Gasteiger partial charge is 0.280 e. The molecular weight excluding hydrogens is 424 g/mol. The van der Waals surface area contributed by atoms with Crippen molar-refractivity contribution in [1.82, 2.24) is 15.2 Å². The lowest BCUT2D eigenvalue weighted by Crippen LogP contribution is -2.40. The molecule has 164 valence electrons. The third-order valence-corrected chi connectivity index (χ3v) is 6.72. The molecule has 2 fully saturated rings. The summed E-state index contributed by atoms with van der Waals surface area (Å²) in [5.74, 6) is 1.21. The number of nitrogens with one attached hydrogen (secondary N) is 1. The number of para-hydroxylation sites is 1. The first-order chi connectivity index (χ1) is 15.6. The van der Waals surface area contributed by atoms with Crippen LogP contribution in [0, 0.1) is 10.1 Å². The predicted octanol–water partition coefficient (Wildman–Crippen LogP) is 5.56. The number of hydrogen-bond donors (Lipinski definition) is 1. The Balaban J connectivity index is 1.56. The van der Waals surface area contributed by atoms with Crippen molar-refractivity contribution in [2.45, 2.75) is 50.2 Å². The number of pyridine rings is 1. The molecule has 7 nitrogen and oxygen atoms in total. The summed E-state index contributed by atoms with van der Waals surface area (Å²) in [5, 5.41) is 15.7. The van der Waals surface area contributed by atoms with Crippen molar-refractivity contribution in [3.05, 3.63) is 82.4 Å². The molecule has 3 aromatic rings. The molecule has 32 heavy (non-hydrogen) atoms. The first kappa shape index (κ1) is 20.6. The highest BCUT2D eigenvalue weighted by molar-refractivity contribution is 7.80. The third-order valence-electron chi connectivity index (χ3n) is 6.39. The molecule has 2 aromatic heterocycles. The van der Waals surface area contributed by atoms with Gasteiger partial charge in [0, 0.05) is 18.3 Å². The van der Waals surface area contributed by atoms with Crippen LogP contribution >= 0.6 is 12.2 Å². The van der Waals surface area contributed by atoms with Gasteiger partial charge >= 0.3 is 0 Å². The Hall–Kier alpha value is -3.26. The number of hydrogen-bond acceptors (Lipinski definition) is 5. The summed E-state index contributed by atoms with van der Waals surface area (Å²) in [6.45, 7) is 0. The van der Waals surface area contributed by atoms with Crippen LogP contribution in [0.2, 0.25) is 0 Å². The van der Waals surface area contributed by atoms with Crippen LogP contribution in [0.4, 0.5) is 5.69 Å². The van der Waals surface area contributed by atoms with E-state index in [-0.39, 0.29) is 22.7 Å². The summed E-state index contributed by atoms with van der Waals surface area (Å²) in [7, 11) is 0. The molecule has 2 aliphatic rings. The number of nitrogens with zero attached hydrogens (tertiary/aromatic N) is 3. The molecule has 0 amide bonds. The van der Waals surface area contributed by atoms with E-state index in [0.29, 0.717) is 22.5 Å². The number of nitro benzene ring substituents is 1. The Morgan fingerprint density at radius 2 is 1.84 bits per heavy atom.